The van der Waals surface area contributed by atoms with Crippen molar-refractivity contribution in [3.63, 3.8) is 0 Å². The number of nitrogens with zero attached hydrogens (tertiary/aromatic N) is 2. The van der Waals surface area contributed by atoms with Crippen LogP contribution < -0.4 is 16.0 Å². The Morgan fingerprint density at radius 3 is 1.76 bits per heavy atom. The maximum absolute atomic E-state index is 12.3. The van der Waals surface area contributed by atoms with Crippen LogP contribution in [0, 0.1) is 0 Å². The number of carbonyl (C=O) groups is 2. The van der Waals surface area contributed by atoms with Crippen LogP contribution in [-0.4, -0.2) is 69.3 Å². The van der Waals surface area contributed by atoms with Gasteiger partial charge in [-0.25, -0.2) is 0 Å². The molecule has 168 valence electrons. The van der Waals surface area contributed by atoms with Crippen LogP contribution in [0.4, 0.5) is 0 Å². The summed E-state index contributed by atoms with van der Waals surface area (Å²) in [6.07, 6.45) is 2.87. The highest BCUT2D eigenvalue weighted by Crippen LogP contribution is 2.08. The molecule has 0 aromatic carbocycles. The fraction of sp³-hybridized carbons (Fsp3) is 0.789. The van der Waals surface area contributed by atoms with E-state index in [1.54, 1.807) is 20.1 Å². The van der Waals surface area contributed by atoms with Gasteiger partial charge in [0, 0.05) is 25.9 Å². The molecule has 0 aliphatic heterocycles. The predicted molar refractivity (Wildman–Crippen MR) is 118 cm³/mol. The van der Waals surface area contributed by atoms with Crippen LogP contribution in [0.2, 0.25) is 0 Å². The molecule has 0 aromatic heterocycles. The summed E-state index contributed by atoms with van der Waals surface area (Å²) in [4.78, 5) is 23.7. The largest absolute Gasteiger partial charge is 0.411 e. The summed E-state index contributed by atoms with van der Waals surface area (Å²) in [5.41, 5.74) is -0.0644. The Kier molecular flexibility index (Phi) is 12.1. The number of thioether (sulfide) groups is 1. The molecule has 0 aliphatic carbocycles. The van der Waals surface area contributed by atoms with Crippen LogP contribution in [0.3, 0.4) is 0 Å². The highest BCUT2D eigenvalue weighted by atomic mass is 32.2. The van der Waals surface area contributed by atoms with Gasteiger partial charge in [0.25, 0.3) is 0 Å². The fourth-order valence-electron chi connectivity index (χ4n) is 2.23. The second-order valence-corrected chi connectivity index (χ2v) is 8.94. The molecule has 0 unspecified atom stereocenters. The van der Waals surface area contributed by atoms with E-state index in [1.807, 2.05) is 27.7 Å². The molecule has 29 heavy (non-hydrogen) atoms. The molecule has 5 N–H and O–H groups in total. The van der Waals surface area contributed by atoms with E-state index < -0.39 is 11.1 Å². The molecule has 9 nitrogen and oxygen atoms in total. The summed E-state index contributed by atoms with van der Waals surface area (Å²) in [6, 6.07) is -0.268. The smallest absolute Gasteiger partial charge is 0.220 e. The van der Waals surface area contributed by atoms with Gasteiger partial charge >= 0.3 is 0 Å². The molecule has 10 heteroatoms. The Balaban J connectivity index is 5.00. The molecule has 0 saturated carbocycles. The minimum absolute atomic E-state index is 0.0683. The standard InChI is InChI=1S/C19H37N5O4S/c1-13(23-27)18(3,4)20-11-15(12-21-19(5,6)14(2)24-28)22-16(25)9-8-10-17(26)29-7/h15,20-21,27-28H,8-12H2,1-7H3,(H,22,25)/b23-13+,24-14+. The number of hydrogen-bond donors (Lipinski definition) is 5. The van der Waals surface area contributed by atoms with Gasteiger partial charge in [-0.15, -0.1) is 0 Å². The van der Waals surface area contributed by atoms with Crippen LogP contribution in [0.1, 0.15) is 60.8 Å². The number of carbonyl (C=O) groups excluding carboxylic acids is 2. The molecule has 0 spiro atoms. The van der Waals surface area contributed by atoms with Crippen LogP contribution in [0.25, 0.3) is 0 Å². The summed E-state index contributed by atoms with van der Waals surface area (Å²) < 4.78 is 0. The second-order valence-electron chi connectivity index (χ2n) is 8.08. The van der Waals surface area contributed by atoms with Gasteiger partial charge in [-0.05, 0) is 54.2 Å². The van der Waals surface area contributed by atoms with Crippen molar-refractivity contribution < 1.29 is 20.0 Å². The topological polar surface area (TPSA) is 135 Å². The monoisotopic (exact) mass is 431 g/mol. The van der Waals surface area contributed by atoms with Crippen LogP contribution >= 0.6 is 11.8 Å². The van der Waals surface area contributed by atoms with Crippen LogP contribution in [0.5, 0.6) is 0 Å². The molecular weight excluding hydrogens is 394 g/mol. The van der Waals surface area contributed by atoms with E-state index >= 15 is 0 Å². The zero-order valence-corrected chi connectivity index (χ0v) is 19.4. The third-order valence-corrected chi connectivity index (χ3v) is 5.73. The molecule has 0 aliphatic rings. The average Bonchev–Trinajstić information content (AvgIpc) is 2.68. The lowest BCUT2D eigenvalue weighted by Crippen LogP contribution is -2.57. The number of nitrogens with one attached hydrogen (secondary N) is 3. The molecule has 0 rings (SSSR count). The van der Waals surface area contributed by atoms with Crippen molar-refractivity contribution in [2.75, 3.05) is 19.3 Å². The zero-order chi connectivity index (χ0) is 22.7. The lowest BCUT2D eigenvalue weighted by molar-refractivity contribution is -0.122. The van der Waals surface area contributed by atoms with E-state index in [9.17, 15) is 9.59 Å². The highest BCUT2D eigenvalue weighted by Gasteiger charge is 2.26. The van der Waals surface area contributed by atoms with E-state index in [1.165, 1.54) is 11.8 Å². The van der Waals surface area contributed by atoms with E-state index in [2.05, 4.69) is 26.3 Å². The van der Waals surface area contributed by atoms with Crippen molar-refractivity contribution >= 4 is 34.2 Å². The van der Waals surface area contributed by atoms with Gasteiger partial charge in [-0.2, -0.15) is 0 Å². The van der Waals surface area contributed by atoms with Crippen molar-refractivity contribution in [2.45, 2.75) is 77.9 Å². The minimum Gasteiger partial charge on any atom is -0.411 e. The first-order valence-electron chi connectivity index (χ1n) is 9.64. The first kappa shape index (κ1) is 27.4. The normalized spacial score (nSPS) is 13.7. The van der Waals surface area contributed by atoms with Crippen LogP contribution in [0.15, 0.2) is 10.3 Å². The molecule has 0 bridgehead atoms. The summed E-state index contributed by atoms with van der Waals surface area (Å²) >= 11 is 1.17. The maximum atomic E-state index is 12.3. The SMILES string of the molecule is CSC(=O)CCCC(=O)NC(CNC(C)(C)/C(C)=N/O)CNC(C)(C)/C(C)=N/O. The van der Waals surface area contributed by atoms with Gasteiger partial charge < -0.3 is 26.4 Å². The third kappa shape index (κ3) is 10.6. The number of hydrogen-bond acceptors (Lipinski definition) is 9. The quantitative estimate of drug-likeness (QED) is 0.171. The van der Waals surface area contributed by atoms with Crippen molar-refractivity contribution in [1.82, 2.24) is 16.0 Å². The third-order valence-electron chi connectivity index (χ3n) is 5.07. The van der Waals surface area contributed by atoms with Crippen molar-refractivity contribution in [3.8, 4) is 0 Å². The molecule has 0 heterocycles. The van der Waals surface area contributed by atoms with Gasteiger partial charge in [0.15, 0.2) is 5.12 Å². The molecule has 0 radical (unpaired) electrons. The van der Waals surface area contributed by atoms with E-state index in [0.29, 0.717) is 37.4 Å². The van der Waals surface area contributed by atoms with Gasteiger partial charge in [-0.1, -0.05) is 22.1 Å². The Labute approximate surface area is 178 Å². The first-order valence-corrected chi connectivity index (χ1v) is 10.9. The maximum Gasteiger partial charge on any atom is 0.220 e. The van der Waals surface area contributed by atoms with Crippen molar-refractivity contribution in [1.29, 1.82) is 0 Å². The number of oxime groups is 2. The Morgan fingerprint density at radius 1 is 0.931 bits per heavy atom. The summed E-state index contributed by atoms with van der Waals surface area (Å²) in [5, 5.41) is 34.2. The molecule has 1 amide bonds. The lowest BCUT2D eigenvalue weighted by atomic mass is 9.98. The van der Waals surface area contributed by atoms with E-state index in [0.717, 1.165) is 0 Å². The molecule has 0 fully saturated rings. The molecular formula is C19H37N5O4S. The summed E-state index contributed by atoms with van der Waals surface area (Å²) in [6.45, 7) is 11.8. The highest BCUT2D eigenvalue weighted by molar-refractivity contribution is 8.13. The fourth-order valence-corrected chi connectivity index (χ4v) is 2.58. The Hall–Kier alpha value is -1.65. The Morgan fingerprint density at radius 2 is 1.38 bits per heavy atom. The van der Waals surface area contributed by atoms with E-state index in [-0.39, 0.29) is 23.5 Å². The molecule has 0 saturated heterocycles. The van der Waals surface area contributed by atoms with E-state index in [4.69, 9.17) is 10.4 Å². The average molecular weight is 432 g/mol. The van der Waals surface area contributed by atoms with Crippen molar-refractivity contribution in [3.05, 3.63) is 0 Å². The van der Waals surface area contributed by atoms with Gasteiger partial charge in [-0.3, -0.25) is 9.59 Å². The van der Waals surface area contributed by atoms with Gasteiger partial charge in [0.05, 0.1) is 28.5 Å². The Bertz CT molecular complexity index is 571. The summed E-state index contributed by atoms with van der Waals surface area (Å²) in [7, 11) is 0. The predicted octanol–water partition coefficient (Wildman–Crippen LogP) is 1.97. The number of rotatable bonds is 13. The zero-order valence-electron chi connectivity index (χ0n) is 18.6. The van der Waals surface area contributed by atoms with Gasteiger partial charge in [0.1, 0.15) is 0 Å². The van der Waals surface area contributed by atoms with Crippen LogP contribution in [-0.2, 0) is 9.59 Å². The van der Waals surface area contributed by atoms with Gasteiger partial charge in [0.2, 0.25) is 5.91 Å². The number of amides is 1. The molecule has 0 atom stereocenters. The second kappa shape index (κ2) is 12.8. The van der Waals surface area contributed by atoms with Crippen molar-refractivity contribution in [2.24, 2.45) is 10.3 Å². The molecule has 0 aromatic rings. The summed E-state index contributed by atoms with van der Waals surface area (Å²) in [5.74, 6) is -0.136. The lowest BCUT2D eigenvalue weighted by Gasteiger charge is -2.32. The first-order chi connectivity index (χ1) is 13.4. The minimum atomic E-state index is -0.555.